The standard InChI is InChI=1S/C13H13NO4/c1-3-18-12-7-11(13(15)16)14-10-5-4-8(17-2)6-9(10)12/h4-7H,3H2,1-2H3,(H,15,16). The van der Waals surface area contributed by atoms with Crippen LogP contribution in [-0.4, -0.2) is 29.8 Å². The fraction of sp³-hybridized carbons (Fsp3) is 0.231. The highest BCUT2D eigenvalue weighted by molar-refractivity contribution is 5.93. The lowest BCUT2D eigenvalue weighted by Crippen LogP contribution is -2.03. The number of aromatic carboxylic acids is 1. The second-order valence-corrected chi connectivity index (χ2v) is 3.63. The van der Waals surface area contributed by atoms with Crippen LogP contribution in [0.25, 0.3) is 10.9 Å². The van der Waals surface area contributed by atoms with Gasteiger partial charge in [-0.15, -0.1) is 0 Å². The fourth-order valence-corrected chi connectivity index (χ4v) is 1.69. The van der Waals surface area contributed by atoms with Crippen LogP contribution in [0.1, 0.15) is 17.4 Å². The van der Waals surface area contributed by atoms with E-state index in [0.29, 0.717) is 23.6 Å². The molecule has 1 N–H and O–H groups in total. The first-order chi connectivity index (χ1) is 8.65. The van der Waals surface area contributed by atoms with Crippen LogP contribution in [0, 0.1) is 0 Å². The number of carboxylic acids is 1. The molecule has 0 unspecified atom stereocenters. The SMILES string of the molecule is CCOc1cc(C(=O)O)nc2ccc(OC)cc12. The number of benzene rings is 1. The molecule has 0 aliphatic carbocycles. The van der Waals surface area contributed by atoms with Crippen molar-refractivity contribution in [2.75, 3.05) is 13.7 Å². The molecule has 0 atom stereocenters. The molecular formula is C13H13NO4. The van der Waals surface area contributed by atoms with Crippen LogP contribution in [-0.2, 0) is 0 Å². The average molecular weight is 247 g/mol. The maximum absolute atomic E-state index is 11.0. The first-order valence-corrected chi connectivity index (χ1v) is 5.50. The molecule has 0 aliphatic heterocycles. The Labute approximate surface area is 104 Å². The van der Waals surface area contributed by atoms with Crippen molar-refractivity contribution in [3.8, 4) is 11.5 Å². The summed E-state index contributed by atoms with van der Waals surface area (Å²) in [5, 5.41) is 9.73. The zero-order valence-electron chi connectivity index (χ0n) is 10.1. The van der Waals surface area contributed by atoms with Gasteiger partial charge in [0.1, 0.15) is 11.5 Å². The minimum Gasteiger partial charge on any atom is -0.497 e. The molecule has 94 valence electrons. The lowest BCUT2D eigenvalue weighted by molar-refractivity contribution is 0.0690. The summed E-state index contributed by atoms with van der Waals surface area (Å²) in [6.07, 6.45) is 0. The number of pyridine rings is 1. The second-order valence-electron chi connectivity index (χ2n) is 3.63. The molecule has 0 bridgehead atoms. The number of hydrogen-bond acceptors (Lipinski definition) is 4. The van der Waals surface area contributed by atoms with Gasteiger partial charge in [-0.1, -0.05) is 0 Å². The van der Waals surface area contributed by atoms with Crippen LogP contribution in [0.4, 0.5) is 0 Å². The zero-order valence-corrected chi connectivity index (χ0v) is 10.1. The summed E-state index contributed by atoms with van der Waals surface area (Å²) >= 11 is 0. The molecule has 1 heterocycles. The highest BCUT2D eigenvalue weighted by Crippen LogP contribution is 2.29. The molecule has 2 rings (SSSR count). The Morgan fingerprint density at radius 2 is 2.17 bits per heavy atom. The maximum Gasteiger partial charge on any atom is 0.354 e. The van der Waals surface area contributed by atoms with Crippen molar-refractivity contribution < 1.29 is 19.4 Å². The van der Waals surface area contributed by atoms with Crippen molar-refractivity contribution in [2.24, 2.45) is 0 Å². The largest absolute Gasteiger partial charge is 0.497 e. The first kappa shape index (κ1) is 12.2. The van der Waals surface area contributed by atoms with Crippen molar-refractivity contribution in [2.45, 2.75) is 6.92 Å². The van der Waals surface area contributed by atoms with Crippen molar-refractivity contribution in [3.63, 3.8) is 0 Å². The lowest BCUT2D eigenvalue weighted by Gasteiger charge is -2.09. The smallest absolute Gasteiger partial charge is 0.354 e. The van der Waals surface area contributed by atoms with Gasteiger partial charge >= 0.3 is 5.97 Å². The van der Waals surface area contributed by atoms with E-state index < -0.39 is 5.97 Å². The van der Waals surface area contributed by atoms with E-state index in [2.05, 4.69) is 4.98 Å². The summed E-state index contributed by atoms with van der Waals surface area (Å²) < 4.78 is 10.6. The zero-order chi connectivity index (χ0) is 13.1. The third-order valence-corrected chi connectivity index (χ3v) is 2.50. The minimum atomic E-state index is -1.08. The Morgan fingerprint density at radius 1 is 1.39 bits per heavy atom. The number of nitrogens with zero attached hydrogens (tertiary/aromatic N) is 1. The summed E-state index contributed by atoms with van der Waals surface area (Å²) in [5.74, 6) is 0.0980. The number of carbonyl (C=O) groups is 1. The quantitative estimate of drug-likeness (QED) is 0.898. The number of aromatic nitrogens is 1. The third kappa shape index (κ3) is 2.20. The summed E-state index contributed by atoms with van der Waals surface area (Å²) in [6.45, 7) is 2.29. The van der Waals surface area contributed by atoms with E-state index in [1.165, 1.54) is 6.07 Å². The molecule has 5 heteroatoms. The molecule has 0 saturated carbocycles. The van der Waals surface area contributed by atoms with Gasteiger partial charge in [0.2, 0.25) is 0 Å². The van der Waals surface area contributed by atoms with Gasteiger partial charge in [-0.2, -0.15) is 0 Å². The van der Waals surface area contributed by atoms with E-state index in [4.69, 9.17) is 14.6 Å². The molecule has 0 radical (unpaired) electrons. The lowest BCUT2D eigenvalue weighted by atomic mass is 10.1. The number of ether oxygens (including phenoxy) is 2. The highest BCUT2D eigenvalue weighted by Gasteiger charge is 2.12. The second kappa shape index (κ2) is 4.91. The monoisotopic (exact) mass is 247 g/mol. The van der Waals surface area contributed by atoms with Gasteiger partial charge in [-0.05, 0) is 25.1 Å². The molecule has 2 aromatic rings. The molecule has 0 fully saturated rings. The predicted octanol–water partition coefficient (Wildman–Crippen LogP) is 2.34. The van der Waals surface area contributed by atoms with Gasteiger partial charge in [0.15, 0.2) is 5.69 Å². The predicted molar refractivity (Wildman–Crippen MR) is 66.4 cm³/mol. The van der Waals surface area contributed by atoms with E-state index >= 15 is 0 Å². The van der Waals surface area contributed by atoms with E-state index in [0.717, 1.165) is 5.39 Å². The van der Waals surface area contributed by atoms with E-state index in [1.54, 1.807) is 25.3 Å². The molecule has 1 aromatic carbocycles. The topological polar surface area (TPSA) is 68.7 Å². The van der Waals surface area contributed by atoms with E-state index in [9.17, 15) is 4.79 Å². The Bertz CT molecular complexity index is 595. The van der Waals surface area contributed by atoms with Gasteiger partial charge < -0.3 is 14.6 Å². The van der Waals surface area contributed by atoms with Crippen molar-refractivity contribution >= 4 is 16.9 Å². The van der Waals surface area contributed by atoms with E-state index in [-0.39, 0.29) is 5.69 Å². The molecule has 5 nitrogen and oxygen atoms in total. The van der Waals surface area contributed by atoms with Crippen LogP contribution < -0.4 is 9.47 Å². The summed E-state index contributed by atoms with van der Waals surface area (Å²) in [7, 11) is 1.57. The molecule has 0 saturated heterocycles. The number of rotatable bonds is 4. The van der Waals surface area contributed by atoms with Crippen LogP contribution in [0.2, 0.25) is 0 Å². The summed E-state index contributed by atoms with van der Waals surface area (Å²) in [6, 6.07) is 6.65. The Kier molecular flexibility index (Phi) is 3.32. The average Bonchev–Trinajstić information content (AvgIpc) is 2.38. The summed E-state index contributed by atoms with van der Waals surface area (Å²) in [4.78, 5) is 15.0. The molecule has 0 amide bonds. The van der Waals surface area contributed by atoms with Crippen LogP contribution in [0.5, 0.6) is 11.5 Å². The van der Waals surface area contributed by atoms with Crippen molar-refractivity contribution in [1.82, 2.24) is 4.98 Å². The number of carboxylic acid groups (broad SMARTS) is 1. The highest BCUT2D eigenvalue weighted by atomic mass is 16.5. The Hall–Kier alpha value is -2.30. The Morgan fingerprint density at radius 3 is 2.78 bits per heavy atom. The van der Waals surface area contributed by atoms with Crippen molar-refractivity contribution in [1.29, 1.82) is 0 Å². The van der Waals surface area contributed by atoms with Crippen LogP contribution >= 0.6 is 0 Å². The first-order valence-electron chi connectivity index (χ1n) is 5.50. The van der Waals surface area contributed by atoms with Crippen LogP contribution in [0.3, 0.4) is 0 Å². The van der Waals surface area contributed by atoms with Gasteiger partial charge in [-0.25, -0.2) is 9.78 Å². The van der Waals surface area contributed by atoms with Crippen molar-refractivity contribution in [3.05, 3.63) is 30.0 Å². The number of fused-ring (bicyclic) bond motifs is 1. The Balaban J connectivity index is 2.68. The van der Waals surface area contributed by atoms with Gasteiger partial charge in [0, 0.05) is 11.5 Å². The number of hydrogen-bond donors (Lipinski definition) is 1. The van der Waals surface area contributed by atoms with Gasteiger partial charge in [0.25, 0.3) is 0 Å². The van der Waals surface area contributed by atoms with Crippen LogP contribution in [0.15, 0.2) is 24.3 Å². The molecule has 18 heavy (non-hydrogen) atoms. The molecule has 1 aromatic heterocycles. The van der Waals surface area contributed by atoms with Gasteiger partial charge in [0.05, 0.1) is 19.2 Å². The van der Waals surface area contributed by atoms with Gasteiger partial charge in [-0.3, -0.25) is 0 Å². The normalized spacial score (nSPS) is 10.3. The molecule has 0 spiro atoms. The minimum absolute atomic E-state index is 0.0314. The molecular weight excluding hydrogens is 234 g/mol. The third-order valence-electron chi connectivity index (χ3n) is 2.50. The summed E-state index contributed by atoms with van der Waals surface area (Å²) in [5.41, 5.74) is 0.537. The fourth-order valence-electron chi connectivity index (χ4n) is 1.69. The number of methoxy groups -OCH3 is 1. The maximum atomic E-state index is 11.0. The van der Waals surface area contributed by atoms with E-state index in [1.807, 2.05) is 6.92 Å². The molecule has 0 aliphatic rings.